The van der Waals surface area contributed by atoms with Crippen LogP contribution in [0.25, 0.3) is 11.0 Å². The van der Waals surface area contributed by atoms with Crippen molar-refractivity contribution in [1.82, 2.24) is 14.5 Å². The average molecular weight is 372 g/mol. The number of aliphatic hydroxyl groups excluding tert-OH is 2. The molecule has 2 aliphatic rings. The number of ether oxygens (including phenoxy) is 2. The van der Waals surface area contributed by atoms with Gasteiger partial charge in [-0.15, -0.1) is 11.8 Å². The summed E-state index contributed by atoms with van der Waals surface area (Å²) in [5.74, 6) is -0.778. The van der Waals surface area contributed by atoms with E-state index in [1.165, 1.54) is 18.1 Å². The van der Waals surface area contributed by atoms with Crippen molar-refractivity contribution in [3.05, 3.63) is 23.7 Å². The molecule has 24 heavy (non-hydrogen) atoms. The van der Waals surface area contributed by atoms with Gasteiger partial charge in [0.25, 0.3) is 0 Å². The highest BCUT2D eigenvalue weighted by Gasteiger charge is 2.62. The van der Waals surface area contributed by atoms with Crippen LogP contribution in [0.1, 0.15) is 19.2 Å². The molecule has 7 nitrogen and oxygen atoms in total. The maximum absolute atomic E-state index is 9.93. The quantitative estimate of drug-likeness (QED) is 0.791. The van der Waals surface area contributed by atoms with Crippen LogP contribution in [-0.2, 0) is 9.47 Å². The second kappa shape index (κ2) is 5.55. The SMILES string of the molecule is CC1(C)O[C@H]2[C@H](n3ccc4c(Cl)ncnc43)SC(CO)(CO)[C@H]2O1. The van der Waals surface area contributed by atoms with Crippen LogP contribution >= 0.6 is 23.4 Å². The van der Waals surface area contributed by atoms with E-state index in [9.17, 15) is 10.2 Å². The van der Waals surface area contributed by atoms with Crippen LogP contribution in [0, 0.1) is 0 Å². The predicted molar refractivity (Wildman–Crippen MR) is 89.9 cm³/mol. The number of fused-ring (bicyclic) bond motifs is 2. The highest BCUT2D eigenvalue weighted by molar-refractivity contribution is 8.01. The first-order valence-corrected chi connectivity index (χ1v) is 8.89. The van der Waals surface area contributed by atoms with E-state index in [0.717, 1.165) is 5.39 Å². The average Bonchev–Trinajstić information content (AvgIpc) is 3.18. The van der Waals surface area contributed by atoms with E-state index in [0.29, 0.717) is 10.8 Å². The Morgan fingerprint density at radius 3 is 2.75 bits per heavy atom. The number of thioether (sulfide) groups is 1. The first-order valence-electron chi connectivity index (χ1n) is 7.63. The van der Waals surface area contributed by atoms with E-state index >= 15 is 0 Å². The number of halogens is 1. The van der Waals surface area contributed by atoms with Crippen LogP contribution in [0.3, 0.4) is 0 Å². The second-order valence-electron chi connectivity index (χ2n) is 6.53. The summed E-state index contributed by atoms with van der Waals surface area (Å²) in [4.78, 5) is 8.33. The van der Waals surface area contributed by atoms with Gasteiger partial charge in [0.2, 0.25) is 0 Å². The van der Waals surface area contributed by atoms with E-state index < -0.39 is 16.6 Å². The monoisotopic (exact) mass is 371 g/mol. The first kappa shape index (κ1) is 16.6. The van der Waals surface area contributed by atoms with Crippen LogP contribution < -0.4 is 0 Å². The summed E-state index contributed by atoms with van der Waals surface area (Å²) in [6.07, 6.45) is 2.54. The zero-order chi connectivity index (χ0) is 17.1. The molecule has 2 aromatic rings. The smallest absolute Gasteiger partial charge is 0.163 e. The summed E-state index contributed by atoms with van der Waals surface area (Å²) < 4.78 is 13.2. The lowest BCUT2D eigenvalue weighted by molar-refractivity contribution is -0.153. The lowest BCUT2D eigenvalue weighted by Crippen LogP contribution is -2.46. The molecule has 2 saturated heterocycles. The molecule has 2 N–H and O–H groups in total. The lowest BCUT2D eigenvalue weighted by Gasteiger charge is -2.31. The topological polar surface area (TPSA) is 89.6 Å². The zero-order valence-electron chi connectivity index (χ0n) is 13.2. The van der Waals surface area contributed by atoms with Gasteiger partial charge in [-0.05, 0) is 19.9 Å². The fourth-order valence-corrected chi connectivity index (χ4v) is 5.20. The van der Waals surface area contributed by atoms with Gasteiger partial charge in [0, 0.05) is 6.20 Å². The summed E-state index contributed by atoms with van der Waals surface area (Å²) >= 11 is 7.58. The summed E-state index contributed by atoms with van der Waals surface area (Å²) in [6.45, 7) is 3.25. The number of hydrogen-bond donors (Lipinski definition) is 2. The minimum atomic E-state index is -0.837. The standard InChI is InChI=1S/C15H18ClN3O4S/c1-14(2)22-9-10(23-14)15(5-20,6-21)24-13(9)19-4-3-8-11(16)17-7-18-12(8)19/h3-4,7,9-10,13,20-21H,5-6H2,1-2H3/t9-,10+,13-/m1/s1. The van der Waals surface area contributed by atoms with Crippen molar-refractivity contribution in [1.29, 1.82) is 0 Å². The molecule has 0 aromatic carbocycles. The van der Waals surface area contributed by atoms with Crippen LogP contribution in [0.4, 0.5) is 0 Å². The molecule has 2 fully saturated rings. The van der Waals surface area contributed by atoms with E-state index in [1.54, 1.807) is 0 Å². The molecule has 4 rings (SSSR count). The van der Waals surface area contributed by atoms with Crippen LogP contribution in [0.2, 0.25) is 5.15 Å². The Kier molecular flexibility index (Phi) is 3.83. The molecule has 0 spiro atoms. The Morgan fingerprint density at radius 1 is 1.29 bits per heavy atom. The van der Waals surface area contributed by atoms with Gasteiger partial charge in [-0.2, -0.15) is 0 Å². The van der Waals surface area contributed by atoms with E-state index in [-0.39, 0.29) is 24.7 Å². The van der Waals surface area contributed by atoms with Gasteiger partial charge < -0.3 is 24.3 Å². The summed E-state index contributed by atoms with van der Waals surface area (Å²) in [5.41, 5.74) is 0.686. The largest absolute Gasteiger partial charge is 0.395 e. The fraction of sp³-hybridized carbons (Fsp3) is 0.600. The van der Waals surface area contributed by atoms with Crippen molar-refractivity contribution in [3.8, 4) is 0 Å². The number of hydrogen-bond acceptors (Lipinski definition) is 7. The van der Waals surface area contributed by atoms with Crippen molar-refractivity contribution in [2.24, 2.45) is 0 Å². The molecule has 0 saturated carbocycles. The molecule has 9 heteroatoms. The van der Waals surface area contributed by atoms with Crippen molar-refractivity contribution in [3.63, 3.8) is 0 Å². The van der Waals surface area contributed by atoms with Gasteiger partial charge in [-0.1, -0.05) is 11.6 Å². The lowest BCUT2D eigenvalue weighted by atomic mass is 9.99. The Bertz CT molecular complexity index is 779. The van der Waals surface area contributed by atoms with Gasteiger partial charge in [0.1, 0.15) is 34.7 Å². The van der Waals surface area contributed by atoms with E-state index in [1.807, 2.05) is 30.7 Å². The molecule has 0 unspecified atom stereocenters. The Labute approximate surface area is 147 Å². The molecule has 2 aromatic heterocycles. The maximum atomic E-state index is 9.93. The van der Waals surface area contributed by atoms with Crippen molar-refractivity contribution in [2.45, 2.75) is 42.0 Å². The third kappa shape index (κ3) is 2.28. The molecule has 0 aliphatic carbocycles. The summed E-state index contributed by atoms with van der Waals surface area (Å²) in [7, 11) is 0. The maximum Gasteiger partial charge on any atom is 0.163 e. The zero-order valence-corrected chi connectivity index (χ0v) is 14.8. The Morgan fingerprint density at radius 2 is 2.04 bits per heavy atom. The highest BCUT2D eigenvalue weighted by Crippen LogP contribution is 2.56. The third-order valence-corrected chi connectivity index (χ3v) is 6.55. The minimum Gasteiger partial charge on any atom is -0.395 e. The number of rotatable bonds is 3. The summed E-state index contributed by atoms with van der Waals surface area (Å²) in [5, 5.41) is 20.8. The van der Waals surface area contributed by atoms with Crippen LogP contribution in [-0.4, -0.2) is 60.7 Å². The molecule has 3 atom stereocenters. The molecule has 0 bridgehead atoms. The first-order chi connectivity index (χ1) is 11.4. The predicted octanol–water partition coefficient (Wildman–Crippen LogP) is 1.57. The van der Waals surface area contributed by atoms with Crippen LogP contribution in [0.5, 0.6) is 0 Å². The van der Waals surface area contributed by atoms with Gasteiger partial charge >= 0.3 is 0 Å². The molecule has 4 heterocycles. The molecule has 0 amide bonds. The molecular weight excluding hydrogens is 354 g/mol. The minimum absolute atomic E-state index is 0.208. The molecule has 2 aliphatic heterocycles. The van der Waals surface area contributed by atoms with Gasteiger partial charge in [-0.3, -0.25) is 0 Å². The van der Waals surface area contributed by atoms with E-state index in [4.69, 9.17) is 21.1 Å². The highest BCUT2D eigenvalue weighted by atomic mass is 35.5. The molecule has 0 radical (unpaired) electrons. The second-order valence-corrected chi connectivity index (χ2v) is 8.42. The van der Waals surface area contributed by atoms with Crippen molar-refractivity contribution in [2.75, 3.05) is 13.2 Å². The van der Waals surface area contributed by atoms with E-state index in [2.05, 4.69) is 9.97 Å². The fourth-order valence-electron chi connectivity index (χ4n) is 3.44. The van der Waals surface area contributed by atoms with Gasteiger partial charge in [0.15, 0.2) is 5.79 Å². The Balaban J connectivity index is 1.81. The Hall–Kier alpha value is -0.900. The normalized spacial score (nSPS) is 30.8. The number of aromatic nitrogens is 3. The number of nitrogens with zero attached hydrogens (tertiary/aromatic N) is 3. The summed E-state index contributed by atoms with van der Waals surface area (Å²) in [6, 6.07) is 1.85. The molecule has 130 valence electrons. The van der Waals surface area contributed by atoms with Gasteiger partial charge in [-0.25, -0.2) is 9.97 Å². The third-order valence-electron chi connectivity index (χ3n) is 4.55. The van der Waals surface area contributed by atoms with Crippen LogP contribution in [0.15, 0.2) is 18.6 Å². The number of aliphatic hydroxyl groups is 2. The van der Waals surface area contributed by atoms with Crippen molar-refractivity contribution < 1.29 is 19.7 Å². The van der Waals surface area contributed by atoms with Crippen molar-refractivity contribution >= 4 is 34.4 Å². The van der Waals surface area contributed by atoms with Gasteiger partial charge in [0.05, 0.1) is 23.3 Å². The molecular formula is C15H18ClN3O4S.